The van der Waals surface area contributed by atoms with E-state index in [0.29, 0.717) is 39.2 Å². The van der Waals surface area contributed by atoms with Crippen molar-refractivity contribution in [2.45, 2.75) is 246 Å². The first kappa shape index (κ1) is 58.9. The van der Waals surface area contributed by atoms with Gasteiger partial charge in [-0.1, -0.05) is 169 Å². The Morgan fingerprint density at radius 2 is 0.820 bits per heavy atom. The van der Waals surface area contributed by atoms with Gasteiger partial charge in [-0.3, -0.25) is 14.5 Å². The van der Waals surface area contributed by atoms with Gasteiger partial charge >= 0.3 is 18.1 Å². The molecule has 9 heteroatoms. The van der Waals surface area contributed by atoms with E-state index in [0.717, 1.165) is 123 Å². The van der Waals surface area contributed by atoms with E-state index < -0.39 is 6.16 Å². The van der Waals surface area contributed by atoms with Gasteiger partial charge in [0, 0.05) is 32.5 Å². The van der Waals surface area contributed by atoms with Gasteiger partial charge in [0.2, 0.25) is 0 Å². The number of hydrogen-bond donors (Lipinski definition) is 0. The van der Waals surface area contributed by atoms with Crippen LogP contribution in [0.4, 0.5) is 4.79 Å². The predicted octanol–water partition coefficient (Wildman–Crippen LogP) is 14.3. The Kier molecular flexibility index (Phi) is 45.7. The number of rotatable bonds is 47. The summed E-state index contributed by atoms with van der Waals surface area (Å²) in [5.41, 5.74) is 0. The molecule has 360 valence electrons. The number of carbonyl (C=O) groups excluding carboxylic acids is 3. The fraction of sp³-hybridized carbons (Fsp3) is 0.904. The van der Waals surface area contributed by atoms with Gasteiger partial charge in [0.15, 0.2) is 0 Å². The molecule has 0 fully saturated rings. The topological polar surface area (TPSA) is 94.6 Å². The summed E-state index contributed by atoms with van der Waals surface area (Å²) in [6.07, 6.45) is 38.7. The summed E-state index contributed by atoms with van der Waals surface area (Å²) >= 11 is 0. The Labute approximate surface area is 377 Å². The monoisotopic (exact) mass is 865 g/mol. The van der Waals surface area contributed by atoms with Gasteiger partial charge in [0.25, 0.3) is 0 Å². The molecular formula is C52H100N2O7. The van der Waals surface area contributed by atoms with Crippen LogP contribution in [0.15, 0.2) is 12.2 Å². The van der Waals surface area contributed by atoms with Gasteiger partial charge in [-0.2, -0.15) is 0 Å². The zero-order valence-corrected chi connectivity index (χ0v) is 41.0. The Hall–Kier alpha value is -2.13. The molecule has 0 bridgehead atoms. The first-order valence-corrected chi connectivity index (χ1v) is 26.1. The number of esters is 2. The maximum Gasteiger partial charge on any atom is 0.508 e. The Balaban J connectivity index is 4.35. The highest BCUT2D eigenvalue weighted by molar-refractivity contribution is 5.69. The van der Waals surface area contributed by atoms with E-state index in [1.54, 1.807) is 0 Å². The Bertz CT molecular complexity index is 989. The first-order chi connectivity index (χ1) is 29.9. The summed E-state index contributed by atoms with van der Waals surface area (Å²) in [6, 6.07) is 0. The standard InChI is InChI=1S/C52H100N2O7/c1-6-11-13-15-17-19-21-23-25-27-35-41-50(55)58-46-37-31-29-33-39-49(61-52(57)60-48-45-54(10-5)44-43-53(8-3)9-4)40-34-30-32-38-47-59-51(56)42-36-28-26-24-22-20-18-16-14-12-7-2/h15,17,49H,6-14,16,18-48H2,1-5H3/b17-15-. The molecule has 9 nitrogen and oxygen atoms in total. The highest BCUT2D eigenvalue weighted by Crippen LogP contribution is 2.18. The maximum absolute atomic E-state index is 12.8. The SMILES string of the molecule is CCCC/C=C\CCCCCCCC(=O)OCCCCCCC(CCCCCCOC(=O)CCCCCCCCCCCCC)OC(=O)OCCN(CC)CCN(CC)CC. The molecule has 0 aliphatic heterocycles. The quantitative estimate of drug-likeness (QED) is 0.0256. The van der Waals surface area contributed by atoms with Crippen molar-refractivity contribution in [1.82, 2.24) is 9.80 Å². The molecule has 0 aromatic heterocycles. The molecule has 0 saturated carbocycles. The summed E-state index contributed by atoms with van der Waals surface area (Å²) < 4.78 is 22.4. The molecular weight excluding hydrogens is 765 g/mol. The summed E-state index contributed by atoms with van der Waals surface area (Å²) in [5.74, 6) is -0.139. The van der Waals surface area contributed by atoms with E-state index in [4.69, 9.17) is 18.9 Å². The van der Waals surface area contributed by atoms with Crippen molar-refractivity contribution < 1.29 is 33.3 Å². The second kappa shape index (κ2) is 47.4. The second-order valence-electron chi connectivity index (χ2n) is 17.4. The smallest absolute Gasteiger partial charge is 0.466 e. The van der Waals surface area contributed by atoms with Crippen LogP contribution < -0.4 is 0 Å². The van der Waals surface area contributed by atoms with Crippen LogP contribution in [0.25, 0.3) is 0 Å². The fourth-order valence-electron chi connectivity index (χ4n) is 7.67. The Morgan fingerprint density at radius 1 is 0.410 bits per heavy atom. The van der Waals surface area contributed by atoms with Crippen LogP contribution in [0.1, 0.15) is 240 Å². The summed E-state index contributed by atoms with van der Waals surface area (Å²) in [5, 5.41) is 0. The van der Waals surface area contributed by atoms with Gasteiger partial charge in [0.05, 0.1) is 13.2 Å². The highest BCUT2D eigenvalue weighted by Gasteiger charge is 2.16. The molecule has 1 atom stereocenters. The third kappa shape index (κ3) is 42.9. The van der Waals surface area contributed by atoms with E-state index in [-0.39, 0.29) is 18.0 Å². The van der Waals surface area contributed by atoms with Crippen molar-refractivity contribution in [2.24, 2.45) is 0 Å². The highest BCUT2D eigenvalue weighted by atomic mass is 16.7. The van der Waals surface area contributed by atoms with Gasteiger partial charge in [-0.15, -0.1) is 0 Å². The van der Waals surface area contributed by atoms with Crippen molar-refractivity contribution in [3.63, 3.8) is 0 Å². The van der Waals surface area contributed by atoms with Crippen molar-refractivity contribution in [1.29, 1.82) is 0 Å². The molecule has 0 amide bonds. The van der Waals surface area contributed by atoms with Crippen LogP contribution in [0.3, 0.4) is 0 Å². The summed E-state index contributed by atoms with van der Waals surface area (Å²) in [7, 11) is 0. The van der Waals surface area contributed by atoms with Crippen LogP contribution >= 0.6 is 0 Å². The average Bonchev–Trinajstić information content (AvgIpc) is 3.26. The minimum atomic E-state index is -0.573. The van der Waals surface area contributed by atoms with Gasteiger partial charge in [0.1, 0.15) is 12.7 Å². The molecule has 0 radical (unpaired) electrons. The molecule has 0 aliphatic carbocycles. The van der Waals surface area contributed by atoms with Gasteiger partial charge in [-0.05, 0) is 90.3 Å². The number of likely N-dealkylation sites (N-methyl/N-ethyl adjacent to an activating group) is 2. The molecule has 0 N–H and O–H groups in total. The third-order valence-electron chi connectivity index (χ3n) is 12.0. The van der Waals surface area contributed by atoms with E-state index in [1.807, 2.05) is 0 Å². The normalized spacial score (nSPS) is 12.1. The minimum absolute atomic E-state index is 0.0649. The van der Waals surface area contributed by atoms with Crippen LogP contribution in [-0.4, -0.2) is 93.1 Å². The zero-order valence-electron chi connectivity index (χ0n) is 41.0. The number of ether oxygens (including phenoxy) is 4. The van der Waals surface area contributed by atoms with E-state index in [1.165, 1.54) is 103 Å². The lowest BCUT2D eigenvalue weighted by Crippen LogP contribution is -2.37. The number of carbonyl (C=O) groups is 3. The van der Waals surface area contributed by atoms with Crippen LogP contribution in [-0.2, 0) is 28.5 Å². The molecule has 0 aliphatic rings. The molecule has 0 saturated heterocycles. The van der Waals surface area contributed by atoms with Crippen LogP contribution in [0, 0.1) is 0 Å². The van der Waals surface area contributed by atoms with Gasteiger partial charge in [-0.25, -0.2) is 4.79 Å². The summed E-state index contributed by atoms with van der Waals surface area (Å²) in [6.45, 7) is 17.9. The predicted molar refractivity (Wildman–Crippen MR) is 256 cm³/mol. The lowest BCUT2D eigenvalue weighted by atomic mass is 10.0. The van der Waals surface area contributed by atoms with Crippen LogP contribution in [0.5, 0.6) is 0 Å². The van der Waals surface area contributed by atoms with Gasteiger partial charge < -0.3 is 23.8 Å². The molecule has 0 spiro atoms. The molecule has 61 heavy (non-hydrogen) atoms. The minimum Gasteiger partial charge on any atom is -0.466 e. The number of nitrogens with zero attached hydrogens (tertiary/aromatic N) is 2. The fourth-order valence-corrected chi connectivity index (χ4v) is 7.67. The number of unbranched alkanes of at least 4 members (excludes halogenated alkanes) is 23. The lowest BCUT2D eigenvalue weighted by molar-refractivity contribution is -0.144. The molecule has 1 unspecified atom stereocenters. The zero-order chi connectivity index (χ0) is 44.7. The van der Waals surface area contributed by atoms with Crippen molar-refractivity contribution in [3.8, 4) is 0 Å². The Morgan fingerprint density at radius 3 is 1.31 bits per heavy atom. The summed E-state index contributed by atoms with van der Waals surface area (Å²) in [4.78, 5) is 41.9. The van der Waals surface area contributed by atoms with E-state index >= 15 is 0 Å². The molecule has 0 rings (SSSR count). The van der Waals surface area contributed by atoms with Crippen molar-refractivity contribution in [3.05, 3.63) is 12.2 Å². The number of allylic oxidation sites excluding steroid dienone is 2. The number of hydrogen-bond acceptors (Lipinski definition) is 9. The lowest BCUT2D eigenvalue weighted by Gasteiger charge is -2.25. The largest absolute Gasteiger partial charge is 0.508 e. The second-order valence-corrected chi connectivity index (χ2v) is 17.4. The maximum atomic E-state index is 12.8. The molecule has 0 aromatic rings. The van der Waals surface area contributed by atoms with E-state index in [9.17, 15) is 14.4 Å². The third-order valence-corrected chi connectivity index (χ3v) is 12.0. The van der Waals surface area contributed by atoms with Crippen molar-refractivity contribution >= 4 is 18.1 Å². The molecule has 0 heterocycles. The first-order valence-electron chi connectivity index (χ1n) is 26.1. The van der Waals surface area contributed by atoms with E-state index in [2.05, 4.69) is 56.6 Å². The average molecular weight is 865 g/mol. The van der Waals surface area contributed by atoms with Crippen molar-refractivity contribution in [2.75, 3.05) is 59.1 Å². The molecule has 0 aromatic carbocycles. The van der Waals surface area contributed by atoms with Crippen LogP contribution in [0.2, 0.25) is 0 Å².